The Labute approximate surface area is 192 Å². The Balaban J connectivity index is 3.96. The van der Waals surface area contributed by atoms with Crippen LogP contribution in [-0.4, -0.2) is 23.1 Å². The molecule has 0 bridgehead atoms. The summed E-state index contributed by atoms with van der Waals surface area (Å²) < 4.78 is 5.82. The Morgan fingerprint density at radius 1 is 0.581 bits per heavy atom. The van der Waals surface area contributed by atoms with Crippen molar-refractivity contribution in [3.8, 4) is 0 Å². The Bertz CT molecular complexity index is 408. The molecule has 0 saturated carbocycles. The van der Waals surface area contributed by atoms with Gasteiger partial charge in [-0.25, -0.2) is 0 Å². The molecular weight excluding hydrogens is 388 g/mol. The summed E-state index contributed by atoms with van der Waals surface area (Å²) in [7, 11) is 0. The predicted octanol–water partition coefficient (Wildman–Crippen LogP) is 8.60. The summed E-state index contributed by atoms with van der Waals surface area (Å²) in [6.07, 6.45) is 24.2. The van der Waals surface area contributed by atoms with Crippen molar-refractivity contribution >= 4 is 11.9 Å². The van der Waals surface area contributed by atoms with E-state index in [0.717, 1.165) is 70.6 Å². The lowest BCUT2D eigenvalue weighted by Crippen LogP contribution is -2.18. The molecule has 184 valence electrons. The fraction of sp³-hybridized carbons (Fsp3) is 0.926. The van der Waals surface area contributed by atoms with Crippen LogP contribution in [-0.2, 0) is 14.3 Å². The zero-order valence-corrected chi connectivity index (χ0v) is 20.8. The first-order valence-electron chi connectivity index (χ1n) is 13.5. The van der Waals surface area contributed by atoms with E-state index < -0.39 is 5.97 Å². The average molecular weight is 441 g/mol. The van der Waals surface area contributed by atoms with E-state index in [-0.39, 0.29) is 18.5 Å². The van der Waals surface area contributed by atoms with E-state index in [0.29, 0.717) is 6.42 Å². The third-order valence-corrected chi connectivity index (χ3v) is 6.08. The number of carboxylic acids is 1. The summed E-state index contributed by atoms with van der Waals surface area (Å²) in [5, 5.41) is 8.70. The van der Waals surface area contributed by atoms with Gasteiger partial charge in [0.05, 0.1) is 0 Å². The average Bonchev–Trinajstić information content (AvgIpc) is 2.74. The Kier molecular flexibility index (Phi) is 22.8. The fourth-order valence-corrected chi connectivity index (χ4v) is 4.06. The van der Waals surface area contributed by atoms with Crippen LogP contribution in [0.2, 0.25) is 0 Å². The standard InChI is InChI=1S/C27H52O4/c1-3-5-7-8-9-10-11-12-14-18-21-25(31-27(30)24-17-6-4-2)22-19-15-13-16-20-23-26(28)29/h25H,3-24H2,1-2H3,(H,28,29). The van der Waals surface area contributed by atoms with Gasteiger partial charge in [-0.3, -0.25) is 9.59 Å². The molecule has 0 radical (unpaired) electrons. The van der Waals surface area contributed by atoms with Crippen molar-refractivity contribution in [3.05, 3.63) is 0 Å². The predicted molar refractivity (Wildman–Crippen MR) is 130 cm³/mol. The van der Waals surface area contributed by atoms with Gasteiger partial charge in [-0.1, -0.05) is 104 Å². The van der Waals surface area contributed by atoms with Gasteiger partial charge >= 0.3 is 11.9 Å². The highest BCUT2D eigenvalue weighted by Crippen LogP contribution is 2.18. The van der Waals surface area contributed by atoms with Gasteiger partial charge in [0, 0.05) is 12.8 Å². The number of aliphatic carboxylic acids is 1. The molecule has 0 spiro atoms. The SMILES string of the molecule is CCCCCCCCCCCCC(CCCCCCCC(=O)O)OC(=O)CCCCC. The molecule has 4 nitrogen and oxygen atoms in total. The minimum Gasteiger partial charge on any atom is -0.481 e. The number of unbranched alkanes of at least 4 members (excludes halogenated alkanes) is 15. The number of carbonyl (C=O) groups is 2. The molecule has 1 unspecified atom stereocenters. The molecule has 0 aliphatic rings. The normalized spacial score (nSPS) is 12.1. The second kappa shape index (κ2) is 23.6. The fourth-order valence-electron chi connectivity index (χ4n) is 4.06. The van der Waals surface area contributed by atoms with Crippen LogP contribution in [0, 0.1) is 0 Å². The van der Waals surface area contributed by atoms with Gasteiger partial charge in [-0.2, -0.15) is 0 Å². The maximum atomic E-state index is 12.2. The largest absolute Gasteiger partial charge is 0.481 e. The summed E-state index contributed by atoms with van der Waals surface area (Å²) in [5.74, 6) is -0.724. The van der Waals surface area contributed by atoms with Crippen LogP contribution in [0.3, 0.4) is 0 Å². The summed E-state index contributed by atoms with van der Waals surface area (Å²) in [6, 6.07) is 0. The first-order chi connectivity index (χ1) is 15.1. The summed E-state index contributed by atoms with van der Waals surface area (Å²) >= 11 is 0. The van der Waals surface area contributed by atoms with Crippen LogP contribution in [0.15, 0.2) is 0 Å². The lowest BCUT2D eigenvalue weighted by molar-refractivity contribution is -0.150. The number of carbonyl (C=O) groups excluding carboxylic acids is 1. The first kappa shape index (κ1) is 29.9. The minimum atomic E-state index is -0.702. The molecule has 0 aliphatic heterocycles. The Morgan fingerprint density at radius 3 is 1.45 bits per heavy atom. The zero-order chi connectivity index (χ0) is 23.0. The van der Waals surface area contributed by atoms with E-state index in [1.165, 1.54) is 57.8 Å². The van der Waals surface area contributed by atoms with Crippen molar-refractivity contribution in [1.82, 2.24) is 0 Å². The molecule has 0 aromatic rings. The molecule has 0 aromatic heterocycles. The number of hydrogen-bond acceptors (Lipinski definition) is 3. The van der Waals surface area contributed by atoms with Crippen molar-refractivity contribution < 1.29 is 19.4 Å². The second-order valence-corrected chi connectivity index (χ2v) is 9.24. The van der Waals surface area contributed by atoms with Crippen LogP contribution in [0.5, 0.6) is 0 Å². The van der Waals surface area contributed by atoms with Gasteiger partial charge in [0.15, 0.2) is 0 Å². The minimum absolute atomic E-state index is 0.0213. The van der Waals surface area contributed by atoms with E-state index >= 15 is 0 Å². The van der Waals surface area contributed by atoms with Crippen molar-refractivity contribution in [3.63, 3.8) is 0 Å². The van der Waals surface area contributed by atoms with Gasteiger partial charge in [0.25, 0.3) is 0 Å². The van der Waals surface area contributed by atoms with Gasteiger partial charge in [-0.15, -0.1) is 0 Å². The number of rotatable bonds is 24. The third-order valence-electron chi connectivity index (χ3n) is 6.08. The van der Waals surface area contributed by atoms with E-state index in [9.17, 15) is 9.59 Å². The number of ether oxygens (including phenoxy) is 1. The van der Waals surface area contributed by atoms with Crippen molar-refractivity contribution in [2.24, 2.45) is 0 Å². The highest BCUT2D eigenvalue weighted by molar-refractivity contribution is 5.69. The van der Waals surface area contributed by atoms with E-state index in [2.05, 4.69) is 13.8 Å². The number of esters is 1. The van der Waals surface area contributed by atoms with Crippen LogP contribution in [0.25, 0.3) is 0 Å². The topological polar surface area (TPSA) is 63.6 Å². The lowest BCUT2D eigenvalue weighted by atomic mass is 10.0. The molecular formula is C27H52O4. The molecule has 0 rings (SSSR count). The Hall–Kier alpha value is -1.06. The molecule has 0 aromatic carbocycles. The van der Waals surface area contributed by atoms with Gasteiger partial charge in [0.1, 0.15) is 6.10 Å². The summed E-state index contributed by atoms with van der Waals surface area (Å²) in [5.41, 5.74) is 0. The van der Waals surface area contributed by atoms with E-state index in [1.807, 2.05) is 0 Å². The van der Waals surface area contributed by atoms with Crippen molar-refractivity contribution in [1.29, 1.82) is 0 Å². The number of hydrogen-bond donors (Lipinski definition) is 1. The van der Waals surface area contributed by atoms with Crippen LogP contribution in [0.4, 0.5) is 0 Å². The molecule has 0 aliphatic carbocycles. The summed E-state index contributed by atoms with van der Waals surface area (Å²) in [4.78, 5) is 22.7. The second-order valence-electron chi connectivity index (χ2n) is 9.24. The molecule has 31 heavy (non-hydrogen) atoms. The molecule has 0 fully saturated rings. The van der Waals surface area contributed by atoms with Crippen LogP contribution < -0.4 is 0 Å². The number of carboxylic acid groups (broad SMARTS) is 1. The molecule has 0 saturated heterocycles. The maximum Gasteiger partial charge on any atom is 0.306 e. The van der Waals surface area contributed by atoms with Crippen molar-refractivity contribution in [2.75, 3.05) is 0 Å². The molecule has 0 heterocycles. The van der Waals surface area contributed by atoms with Crippen LogP contribution >= 0.6 is 0 Å². The van der Waals surface area contributed by atoms with E-state index in [4.69, 9.17) is 9.84 Å². The van der Waals surface area contributed by atoms with Crippen molar-refractivity contribution in [2.45, 2.75) is 161 Å². The quantitative estimate of drug-likeness (QED) is 0.120. The van der Waals surface area contributed by atoms with Gasteiger partial charge < -0.3 is 9.84 Å². The highest BCUT2D eigenvalue weighted by atomic mass is 16.5. The molecule has 4 heteroatoms. The Morgan fingerprint density at radius 2 is 0.968 bits per heavy atom. The van der Waals surface area contributed by atoms with Gasteiger partial charge in [0.2, 0.25) is 0 Å². The zero-order valence-electron chi connectivity index (χ0n) is 20.8. The third kappa shape index (κ3) is 23.4. The summed E-state index contributed by atoms with van der Waals surface area (Å²) in [6.45, 7) is 4.41. The first-order valence-corrected chi connectivity index (χ1v) is 13.5. The molecule has 1 atom stereocenters. The lowest BCUT2D eigenvalue weighted by Gasteiger charge is -2.18. The molecule has 1 N–H and O–H groups in total. The monoisotopic (exact) mass is 440 g/mol. The van der Waals surface area contributed by atoms with Crippen LogP contribution in [0.1, 0.15) is 155 Å². The smallest absolute Gasteiger partial charge is 0.306 e. The van der Waals surface area contributed by atoms with Gasteiger partial charge in [-0.05, 0) is 38.5 Å². The highest BCUT2D eigenvalue weighted by Gasteiger charge is 2.14. The van der Waals surface area contributed by atoms with E-state index in [1.54, 1.807) is 0 Å². The molecule has 0 amide bonds. The maximum absolute atomic E-state index is 12.2.